The maximum Gasteiger partial charge on any atom is 0.0784 e. The minimum absolute atomic E-state index is 0.157. The first kappa shape index (κ1) is 12.9. The molecule has 1 rings (SSSR count). The summed E-state index contributed by atoms with van der Waals surface area (Å²) in [7, 11) is 1.69. The molecular formula is C12H24O3. The second kappa shape index (κ2) is 7.20. The van der Waals surface area contributed by atoms with Crippen molar-refractivity contribution in [3.63, 3.8) is 0 Å². The van der Waals surface area contributed by atoms with Crippen molar-refractivity contribution in [3.05, 3.63) is 0 Å². The fourth-order valence-corrected chi connectivity index (χ4v) is 1.97. The van der Waals surface area contributed by atoms with Crippen LogP contribution in [0.3, 0.4) is 0 Å². The van der Waals surface area contributed by atoms with Crippen LogP contribution >= 0.6 is 0 Å². The zero-order chi connectivity index (χ0) is 11.1. The van der Waals surface area contributed by atoms with E-state index in [4.69, 9.17) is 14.2 Å². The molecule has 0 aliphatic heterocycles. The van der Waals surface area contributed by atoms with Crippen molar-refractivity contribution < 1.29 is 14.2 Å². The number of hydrogen-bond donors (Lipinski definition) is 0. The van der Waals surface area contributed by atoms with E-state index in [1.807, 2.05) is 6.92 Å². The average molecular weight is 216 g/mol. The van der Waals surface area contributed by atoms with E-state index in [0.717, 1.165) is 0 Å². The molecule has 1 fully saturated rings. The number of methoxy groups -OCH3 is 1. The number of hydrogen-bond acceptors (Lipinski definition) is 3. The van der Waals surface area contributed by atoms with Crippen LogP contribution in [0.5, 0.6) is 0 Å². The Morgan fingerprint density at radius 3 is 2.33 bits per heavy atom. The lowest BCUT2D eigenvalue weighted by atomic mass is 10.3. The molecule has 90 valence electrons. The topological polar surface area (TPSA) is 27.7 Å². The summed E-state index contributed by atoms with van der Waals surface area (Å²) in [6, 6.07) is 0. The van der Waals surface area contributed by atoms with E-state index in [0.29, 0.717) is 19.3 Å². The van der Waals surface area contributed by atoms with Gasteiger partial charge in [0.25, 0.3) is 0 Å². The van der Waals surface area contributed by atoms with Crippen LogP contribution in [0.1, 0.15) is 39.5 Å². The summed E-state index contributed by atoms with van der Waals surface area (Å²) >= 11 is 0. The third-order valence-electron chi connectivity index (χ3n) is 2.74. The normalized spacial score (nSPS) is 21.8. The Balaban J connectivity index is 2.04. The van der Waals surface area contributed by atoms with E-state index in [1.54, 1.807) is 7.11 Å². The van der Waals surface area contributed by atoms with E-state index in [-0.39, 0.29) is 12.2 Å². The summed E-state index contributed by atoms with van der Waals surface area (Å²) in [5, 5.41) is 0. The molecule has 1 saturated carbocycles. The second-order valence-corrected chi connectivity index (χ2v) is 4.45. The predicted molar refractivity (Wildman–Crippen MR) is 60.1 cm³/mol. The van der Waals surface area contributed by atoms with Gasteiger partial charge in [0.05, 0.1) is 31.5 Å². The van der Waals surface area contributed by atoms with E-state index in [9.17, 15) is 0 Å². The lowest BCUT2D eigenvalue weighted by Crippen LogP contribution is -2.25. The molecule has 2 atom stereocenters. The van der Waals surface area contributed by atoms with Crippen molar-refractivity contribution in [1.29, 1.82) is 0 Å². The fraction of sp³-hybridized carbons (Fsp3) is 1.00. The van der Waals surface area contributed by atoms with Gasteiger partial charge in [0.15, 0.2) is 0 Å². The minimum Gasteiger partial charge on any atom is -0.382 e. The van der Waals surface area contributed by atoms with Crippen LogP contribution in [0, 0.1) is 0 Å². The molecule has 0 saturated heterocycles. The van der Waals surface area contributed by atoms with Crippen LogP contribution in [0.25, 0.3) is 0 Å². The smallest absolute Gasteiger partial charge is 0.0784 e. The molecule has 0 aromatic carbocycles. The first-order valence-corrected chi connectivity index (χ1v) is 5.98. The van der Waals surface area contributed by atoms with Gasteiger partial charge in [-0.1, -0.05) is 12.8 Å². The van der Waals surface area contributed by atoms with Crippen molar-refractivity contribution in [2.75, 3.05) is 20.3 Å². The van der Waals surface area contributed by atoms with Gasteiger partial charge in [-0.05, 0) is 26.7 Å². The van der Waals surface area contributed by atoms with Crippen LogP contribution in [0.4, 0.5) is 0 Å². The first-order valence-electron chi connectivity index (χ1n) is 5.98. The Kier molecular flexibility index (Phi) is 6.22. The highest BCUT2D eigenvalue weighted by Crippen LogP contribution is 2.22. The molecule has 0 spiro atoms. The van der Waals surface area contributed by atoms with E-state index in [1.165, 1.54) is 25.7 Å². The Morgan fingerprint density at radius 2 is 1.73 bits per heavy atom. The largest absolute Gasteiger partial charge is 0.382 e. The lowest BCUT2D eigenvalue weighted by molar-refractivity contribution is -0.0736. The van der Waals surface area contributed by atoms with Crippen molar-refractivity contribution in [2.24, 2.45) is 0 Å². The molecule has 0 aromatic heterocycles. The molecule has 0 aromatic rings. The summed E-state index contributed by atoms with van der Waals surface area (Å²) in [5.41, 5.74) is 0. The highest BCUT2D eigenvalue weighted by molar-refractivity contribution is 4.68. The van der Waals surface area contributed by atoms with Crippen LogP contribution in [-0.2, 0) is 14.2 Å². The molecule has 0 radical (unpaired) electrons. The highest BCUT2D eigenvalue weighted by Gasteiger charge is 2.18. The van der Waals surface area contributed by atoms with Crippen molar-refractivity contribution in [3.8, 4) is 0 Å². The third-order valence-corrected chi connectivity index (χ3v) is 2.74. The van der Waals surface area contributed by atoms with Crippen LogP contribution in [0.2, 0.25) is 0 Å². The first-order chi connectivity index (χ1) is 7.22. The SMILES string of the molecule is COCC(C)OCC(C)OC1CCCC1. The van der Waals surface area contributed by atoms with Gasteiger partial charge in [-0.15, -0.1) is 0 Å². The fourth-order valence-electron chi connectivity index (χ4n) is 1.97. The molecule has 1 aliphatic rings. The maximum absolute atomic E-state index is 5.87. The molecule has 3 heteroatoms. The molecular weight excluding hydrogens is 192 g/mol. The van der Waals surface area contributed by atoms with Crippen LogP contribution in [0.15, 0.2) is 0 Å². The Labute approximate surface area is 93.1 Å². The van der Waals surface area contributed by atoms with Gasteiger partial charge in [-0.25, -0.2) is 0 Å². The highest BCUT2D eigenvalue weighted by atomic mass is 16.6. The van der Waals surface area contributed by atoms with Gasteiger partial charge in [0.2, 0.25) is 0 Å². The number of ether oxygens (including phenoxy) is 3. The quantitative estimate of drug-likeness (QED) is 0.654. The van der Waals surface area contributed by atoms with Crippen LogP contribution < -0.4 is 0 Å². The minimum atomic E-state index is 0.157. The molecule has 0 amide bonds. The standard InChI is InChI=1S/C12H24O3/c1-10(8-13-3)14-9-11(2)15-12-6-4-5-7-12/h10-12H,4-9H2,1-3H3. The average Bonchev–Trinajstić information content (AvgIpc) is 2.68. The van der Waals surface area contributed by atoms with Gasteiger partial charge in [-0.3, -0.25) is 0 Å². The van der Waals surface area contributed by atoms with E-state index < -0.39 is 0 Å². The van der Waals surface area contributed by atoms with Gasteiger partial charge >= 0.3 is 0 Å². The summed E-state index contributed by atoms with van der Waals surface area (Å²) in [5.74, 6) is 0. The van der Waals surface area contributed by atoms with Crippen molar-refractivity contribution >= 4 is 0 Å². The molecule has 1 aliphatic carbocycles. The van der Waals surface area contributed by atoms with Gasteiger partial charge in [0.1, 0.15) is 0 Å². The molecule has 3 nitrogen and oxygen atoms in total. The molecule has 15 heavy (non-hydrogen) atoms. The summed E-state index contributed by atoms with van der Waals surface area (Å²) in [4.78, 5) is 0. The zero-order valence-electron chi connectivity index (χ0n) is 10.2. The van der Waals surface area contributed by atoms with E-state index in [2.05, 4.69) is 6.92 Å². The third kappa shape index (κ3) is 5.50. The van der Waals surface area contributed by atoms with Gasteiger partial charge < -0.3 is 14.2 Å². The zero-order valence-corrected chi connectivity index (χ0v) is 10.2. The Morgan fingerprint density at radius 1 is 1.07 bits per heavy atom. The summed E-state index contributed by atoms with van der Waals surface area (Å²) in [6.07, 6.45) is 5.91. The predicted octanol–water partition coefficient (Wildman–Crippen LogP) is 2.39. The van der Waals surface area contributed by atoms with Crippen molar-refractivity contribution in [2.45, 2.75) is 57.8 Å². The molecule has 0 heterocycles. The molecule has 2 unspecified atom stereocenters. The van der Waals surface area contributed by atoms with Gasteiger partial charge in [-0.2, -0.15) is 0 Å². The van der Waals surface area contributed by atoms with Crippen LogP contribution in [-0.4, -0.2) is 38.6 Å². The monoisotopic (exact) mass is 216 g/mol. The number of rotatable bonds is 7. The van der Waals surface area contributed by atoms with Gasteiger partial charge in [0, 0.05) is 7.11 Å². The Hall–Kier alpha value is -0.120. The second-order valence-electron chi connectivity index (χ2n) is 4.45. The maximum atomic E-state index is 5.87. The lowest BCUT2D eigenvalue weighted by Gasteiger charge is -2.20. The molecule has 0 N–H and O–H groups in total. The summed E-state index contributed by atoms with van der Waals surface area (Å²) in [6.45, 7) is 5.42. The summed E-state index contributed by atoms with van der Waals surface area (Å²) < 4.78 is 16.5. The molecule has 0 bridgehead atoms. The Bertz CT molecular complexity index is 155. The van der Waals surface area contributed by atoms with Crippen molar-refractivity contribution in [1.82, 2.24) is 0 Å². The van der Waals surface area contributed by atoms with E-state index >= 15 is 0 Å².